The number of amides is 2. The number of carbonyl (C=O) groups is 3. The maximum absolute atomic E-state index is 13.4. The Hall–Kier alpha value is -2.52. The molecule has 1 aliphatic heterocycles. The summed E-state index contributed by atoms with van der Waals surface area (Å²) in [6.07, 6.45) is 4.10. The van der Waals surface area contributed by atoms with Crippen LogP contribution in [0.2, 0.25) is 0 Å². The van der Waals surface area contributed by atoms with Crippen LogP contribution in [0.5, 0.6) is 11.5 Å². The Balaban J connectivity index is 1.97. The van der Waals surface area contributed by atoms with Crippen molar-refractivity contribution in [3.8, 4) is 11.5 Å². The van der Waals surface area contributed by atoms with E-state index in [2.05, 4.69) is 10.2 Å². The molecule has 12 heteroatoms. The summed E-state index contributed by atoms with van der Waals surface area (Å²) >= 11 is 2.02. The molecule has 1 saturated heterocycles. The van der Waals surface area contributed by atoms with E-state index in [1.54, 1.807) is 23.1 Å². The highest BCUT2D eigenvalue weighted by Crippen LogP contribution is 2.37. The molecule has 3 N–H and O–H groups in total. The minimum absolute atomic E-state index is 0.0622. The number of rotatable bonds is 13. The van der Waals surface area contributed by atoms with Crippen LogP contribution in [0.1, 0.15) is 30.1 Å². The number of ether oxygens (including phenoxy) is 3. The monoisotopic (exact) mass is 671 g/mol. The Labute approximate surface area is 248 Å². The standard InChI is InChI=1S/C28H38IN3O8/c1-3-4-5-25(35)32(8-7-31-9-12-39-13-10-31)22-16-20(28(37)30-6-11-33)17-23(26(22)36)40-27-21(29)14-19(18-34)15-24(27)38-2/h4-5,14-15,17-18,22-23,26,33,36H,3,6-13,16H2,1-2H3,(H,30,37)/t22-,23+,26+/m1/s1. The molecule has 11 nitrogen and oxygen atoms in total. The van der Waals surface area contributed by atoms with Crippen LogP contribution in [0.15, 0.2) is 35.9 Å². The second-order valence-electron chi connectivity index (χ2n) is 9.46. The fourth-order valence-electron chi connectivity index (χ4n) is 4.67. The molecule has 0 saturated carbocycles. The van der Waals surface area contributed by atoms with Crippen molar-refractivity contribution < 1.29 is 38.8 Å². The maximum Gasteiger partial charge on any atom is 0.247 e. The highest BCUT2D eigenvalue weighted by Gasteiger charge is 2.40. The van der Waals surface area contributed by atoms with Crippen molar-refractivity contribution in [2.75, 3.05) is 59.7 Å². The van der Waals surface area contributed by atoms with Gasteiger partial charge in [-0.1, -0.05) is 13.0 Å². The van der Waals surface area contributed by atoms with Crippen LogP contribution in [0.25, 0.3) is 0 Å². The zero-order valence-electron chi connectivity index (χ0n) is 22.9. The summed E-state index contributed by atoms with van der Waals surface area (Å²) in [5.74, 6) is -0.0735. The van der Waals surface area contributed by atoms with Gasteiger partial charge in [-0.25, -0.2) is 0 Å². The lowest BCUT2D eigenvalue weighted by molar-refractivity contribution is -0.134. The second kappa shape index (κ2) is 16.1. The fourth-order valence-corrected chi connectivity index (χ4v) is 5.42. The first-order valence-corrected chi connectivity index (χ1v) is 14.4. The molecule has 1 aliphatic carbocycles. The second-order valence-corrected chi connectivity index (χ2v) is 10.6. The van der Waals surface area contributed by atoms with Crippen LogP contribution in [-0.4, -0.2) is 116 Å². The van der Waals surface area contributed by atoms with Crippen LogP contribution in [0.3, 0.4) is 0 Å². The molecule has 3 atom stereocenters. The van der Waals surface area contributed by atoms with Crippen molar-refractivity contribution in [2.24, 2.45) is 0 Å². The van der Waals surface area contributed by atoms with Gasteiger partial charge in [-0.05, 0) is 53.3 Å². The molecule has 1 aromatic carbocycles. The molecule has 1 heterocycles. The third kappa shape index (κ3) is 8.49. The molecular weight excluding hydrogens is 633 g/mol. The smallest absolute Gasteiger partial charge is 0.247 e. The number of hydrogen-bond donors (Lipinski definition) is 3. The lowest BCUT2D eigenvalue weighted by Crippen LogP contribution is -2.56. The topological polar surface area (TPSA) is 138 Å². The third-order valence-electron chi connectivity index (χ3n) is 6.80. The molecule has 0 unspecified atom stereocenters. The first-order valence-electron chi connectivity index (χ1n) is 13.4. The van der Waals surface area contributed by atoms with Gasteiger partial charge in [-0.2, -0.15) is 0 Å². The van der Waals surface area contributed by atoms with Crippen LogP contribution >= 0.6 is 22.6 Å². The van der Waals surface area contributed by atoms with Crippen molar-refractivity contribution in [1.29, 1.82) is 0 Å². The molecule has 2 amide bonds. The van der Waals surface area contributed by atoms with Gasteiger partial charge in [-0.15, -0.1) is 0 Å². The summed E-state index contributed by atoms with van der Waals surface area (Å²) in [5, 5.41) is 23.5. The zero-order valence-corrected chi connectivity index (χ0v) is 25.0. The van der Waals surface area contributed by atoms with Gasteiger partial charge in [0, 0.05) is 50.3 Å². The molecule has 2 aliphatic rings. The van der Waals surface area contributed by atoms with Crippen molar-refractivity contribution >= 4 is 40.7 Å². The van der Waals surface area contributed by atoms with Gasteiger partial charge in [-0.3, -0.25) is 19.3 Å². The highest BCUT2D eigenvalue weighted by atomic mass is 127. The number of methoxy groups -OCH3 is 1. The molecule has 0 spiro atoms. The highest BCUT2D eigenvalue weighted by molar-refractivity contribution is 14.1. The predicted octanol–water partition coefficient (Wildman–Crippen LogP) is 1.15. The summed E-state index contributed by atoms with van der Waals surface area (Å²) < 4.78 is 17.7. The van der Waals surface area contributed by atoms with Crippen LogP contribution in [0, 0.1) is 3.57 Å². The number of nitrogens with zero attached hydrogens (tertiary/aromatic N) is 2. The van der Waals surface area contributed by atoms with Gasteiger partial charge in [0.15, 0.2) is 11.5 Å². The molecule has 0 aromatic heterocycles. The van der Waals surface area contributed by atoms with Crippen molar-refractivity contribution in [2.45, 2.75) is 38.0 Å². The Bertz CT molecular complexity index is 1090. The fraction of sp³-hybridized carbons (Fsp3) is 0.536. The van der Waals surface area contributed by atoms with Crippen molar-refractivity contribution in [1.82, 2.24) is 15.1 Å². The summed E-state index contributed by atoms with van der Waals surface area (Å²) in [6.45, 7) is 5.41. The van der Waals surface area contributed by atoms with Crippen molar-refractivity contribution in [3.05, 3.63) is 45.1 Å². The van der Waals surface area contributed by atoms with Crippen LogP contribution < -0.4 is 14.8 Å². The normalized spacial score (nSPS) is 21.5. The number of nitrogens with one attached hydrogen (secondary N) is 1. The number of carbonyl (C=O) groups excluding carboxylic acids is 3. The van der Waals surface area contributed by atoms with E-state index in [0.717, 1.165) is 13.1 Å². The summed E-state index contributed by atoms with van der Waals surface area (Å²) in [7, 11) is 1.45. The largest absolute Gasteiger partial charge is 0.493 e. The average molecular weight is 672 g/mol. The van der Waals surface area contributed by atoms with E-state index in [4.69, 9.17) is 14.2 Å². The molecular formula is C28H38IN3O8. The number of allylic oxidation sites excluding steroid dienone is 1. The van der Waals surface area contributed by atoms with Crippen LogP contribution in [0.4, 0.5) is 0 Å². The van der Waals surface area contributed by atoms with E-state index in [9.17, 15) is 24.6 Å². The molecule has 40 heavy (non-hydrogen) atoms. The number of halogens is 1. The lowest BCUT2D eigenvalue weighted by Gasteiger charge is -2.41. The number of morpholine rings is 1. The molecule has 1 aromatic rings. The average Bonchev–Trinajstić information content (AvgIpc) is 2.97. The Morgan fingerprint density at radius 3 is 2.70 bits per heavy atom. The Morgan fingerprint density at radius 1 is 1.30 bits per heavy atom. The first-order chi connectivity index (χ1) is 19.3. The van der Waals surface area contributed by atoms with E-state index in [-0.39, 0.29) is 25.5 Å². The summed E-state index contributed by atoms with van der Waals surface area (Å²) in [5.41, 5.74) is 0.730. The predicted molar refractivity (Wildman–Crippen MR) is 157 cm³/mol. The van der Waals surface area contributed by atoms with Crippen LogP contribution in [-0.2, 0) is 14.3 Å². The van der Waals surface area contributed by atoms with E-state index in [1.165, 1.54) is 19.3 Å². The van der Waals surface area contributed by atoms with Gasteiger partial charge in [0.25, 0.3) is 0 Å². The first kappa shape index (κ1) is 32.0. The van der Waals surface area contributed by atoms with Gasteiger partial charge in [0.1, 0.15) is 18.5 Å². The number of hydrogen-bond acceptors (Lipinski definition) is 9. The number of aliphatic hydroxyl groups excluding tert-OH is 2. The lowest BCUT2D eigenvalue weighted by atomic mass is 9.88. The maximum atomic E-state index is 13.4. The van der Waals surface area contributed by atoms with E-state index in [0.29, 0.717) is 65.2 Å². The zero-order chi connectivity index (χ0) is 29.1. The van der Waals surface area contributed by atoms with Gasteiger partial charge in [0.05, 0.1) is 36.5 Å². The SMILES string of the molecule is CCC=CC(=O)N(CCN1CCOCC1)[C@@H]1CC(C(=O)NCCO)=C[C@H](Oc2c(I)cc(C=O)cc2OC)[C@H]1O. The quantitative estimate of drug-likeness (QED) is 0.160. The minimum Gasteiger partial charge on any atom is -0.493 e. The molecule has 1 fully saturated rings. The van der Waals surface area contributed by atoms with E-state index >= 15 is 0 Å². The van der Waals surface area contributed by atoms with Crippen molar-refractivity contribution in [3.63, 3.8) is 0 Å². The molecule has 0 radical (unpaired) electrons. The summed E-state index contributed by atoms with van der Waals surface area (Å²) in [6, 6.07) is 2.39. The van der Waals surface area contributed by atoms with Gasteiger partial charge in [0.2, 0.25) is 11.8 Å². The van der Waals surface area contributed by atoms with E-state index in [1.807, 2.05) is 29.5 Å². The molecule has 220 valence electrons. The molecule has 3 rings (SSSR count). The molecule has 0 bridgehead atoms. The number of aldehydes is 1. The number of benzene rings is 1. The summed E-state index contributed by atoms with van der Waals surface area (Å²) in [4.78, 5) is 41.6. The third-order valence-corrected chi connectivity index (χ3v) is 7.60. The van der Waals surface area contributed by atoms with E-state index < -0.39 is 24.2 Å². The van der Waals surface area contributed by atoms with Gasteiger partial charge >= 0.3 is 0 Å². The van der Waals surface area contributed by atoms with Gasteiger partial charge < -0.3 is 34.6 Å². The number of aliphatic hydroxyl groups is 2. The Kier molecular flexibility index (Phi) is 12.8. The minimum atomic E-state index is -1.18. The Morgan fingerprint density at radius 2 is 2.05 bits per heavy atom.